The molecule has 0 aliphatic carbocycles. The van der Waals surface area contributed by atoms with Gasteiger partial charge in [-0.1, -0.05) is 5.16 Å². The fourth-order valence-corrected chi connectivity index (χ4v) is 2.76. The third-order valence-corrected chi connectivity index (χ3v) is 4.15. The number of hydrogen-bond acceptors (Lipinski definition) is 6. The summed E-state index contributed by atoms with van der Waals surface area (Å²) in [5.41, 5.74) is 2.55. The third kappa shape index (κ3) is 3.91. The van der Waals surface area contributed by atoms with E-state index in [0.717, 1.165) is 49.1 Å². The molecule has 2 aromatic rings. The molecule has 128 valence electrons. The van der Waals surface area contributed by atoms with E-state index in [1.54, 1.807) is 6.20 Å². The van der Waals surface area contributed by atoms with Crippen LogP contribution in [-0.4, -0.2) is 42.4 Å². The van der Waals surface area contributed by atoms with Gasteiger partial charge >= 0.3 is 0 Å². The molecule has 1 fully saturated rings. The highest BCUT2D eigenvalue weighted by molar-refractivity contribution is 5.90. The van der Waals surface area contributed by atoms with Crippen LogP contribution < -0.4 is 10.2 Å². The van der Waals surface area contributed by atoms with E-state index in [0.29, 0.717) is 18.5 Å². The molecule has 1 N–H and O–H groups in total. The lowest BCUT2D eigenvalue weighted by Crippen LogP contribution is -2.36. The molecule has 1 aliphatic rings. The largest absolute Gasteiger partial charge is 0.378 e. The maximum absolute atomic E-state index is 12.1. The molecule has 24 heavy (non-hydrogen) atoms. The first-order valence-electron chi connectivity index (χ1n) is 8.14. The summed E-state index contributed by atoms with van der Waals surface area (Å²) in [7, 11) is 0. The summed E-state index contributed by atoms with van der Waals surface area (Å²) < 4.78 is 10.4. The number of amides is 1. The first kappa shape index (κ1) is 16.4. The summed E-state index contributed by atoms with van der Waals surface area (Å²) in [6.45, 7) is 6.88. The molecule has 0 spiro atoms. The standard InChI is InChI=1S/C17H22N4O3/c1-12-15(13(2)24-20-12)4-6-17(22)19-14-3-5-16(18-11-14)21-7-9-23-10-8-21/h3,5,11H,4,6-10H2,1-2H3,(H,19,22). The second-order valence-corrected chi connectivity index (χ2v) is 5.86. The Morgan fingerprint density at radius 3 is 2.71 bits per heavy atom. The molecule has 7 heteroatoms. The fourth-order valence-electron chi connectivity index (χ4n) is 2.76. The van der Waals surface area contributed by atoms with Gasteiger partial charge < -0.3 is 19.5 Å². The van der Waals surface area contributed by atoms with E-state index in [-0.39, 0.29) is 5.91 Å². The van der Waals surface area contributed by atoms with Crippen molar-refractivity contribution in [1.29, 1.82) is 0 Å². The van der Waals surface area contributed by atoms with Crippen molar-refractivity contribution in [2.45, 2.75) is 26.7 Å². The fraction of sp³-hybridized carbons (Fsp3) is 0.471. The molecule has 1 amide bonds. The quantitative estimate of drug-likeness (QED) is 0.904. The molecule has 0 atom stereocenters. The van der Waals surface area contributed by atoms with Gasteiger partial charge in [0.2, 0.25) is 5.91 Å². The minimum Gasteiger partial charge on any atom is -0.378 e. The Hall–Kier alpha value is -2.41. The second-order valence-electron chi connectivity index (χ2n) is 5.86. The molecule has 3 heterocycles. The molecule has 2 aromatic heterocycles. The Morgan fingerprint density at radius 2 is 2.08 bits per heavy atom. The van der Waals surface area contributed by atoms with Crippen molar-refractivity contribution >= 4 is 17.4 Å². The molecule has 3 rings (SSSR count). The first-order valence-corrected chi connectivity index (χ1v) is 8.14. The highest BCUT2D eigenvalue weighted by atomic mass is 16.5. The summed E-state index contributed by atoms with van der Waals surface area (Å²) in [6, 6.07) is 3.81. The smallest absolute Gasteiger partial charge is 0.224 e. The van der Waals surface area contributed by atoms with Gasteiger partial charge in [0.05, 0.1) is 30.8 Å². The summed E-state index contributed by atoms with van der Waals surface area (Å²) >= 11 is 0. The van der Waals surface area contributed by atoms with E-state index < -0.39 is 0 Å². The summed E-state index contributed by atoms with van der Waals surface area (Å²) in [5.74, 6) is 1.64. The van der Waals surface area contributed by atoms with Crippen LogP contribution in [0.2, 0.25) is 0 Å². The normalized spacial score (nSPS) is 14.7. The number of carbonyl (C=O) groups is 1. The SMILES string of the molecule is Cc1noc(C)c1CCC(=O)Nc1ccc(N2CCOCC2)nc1. The van der Waals surface area contributed by atoms with Gasteiger partial charge in [-0.25, -0.2) is 4.98 Å². The van der Waals surface area contributed by atoms with Gasteiger partial charge in [0.25, 0.3) is 0 Å². The Kier molecular flexibility index (Phi) is 5.10. The van der Waals surface area contributed by atoms with Gasteiger partial charge in [0.15, 0.2) is 0 Å². The molecule has 0 saturated carbocycles. The summed E-state index contributed by atoms with van der Waals surface area (Å²) in [6.07, 6.45) is 2.69. The average molecular weight is 330 g/mol. The minimum atomic E-state index is -0.0454. The Bertz CT molecular complexity index is 671. The van der Waals surface area contributed by atoms with Crippen LogP contribution in [0.1, 0.15) is 23.4 Å². The molecular formula is C17H22N4O3. The predicted molar refractivity (Wildman–Crippen MR) is 90.2 cm³/mol. The highest BCUT2D eigenvalue weighted by Crippen LogP contribution is 2.17. The Morgan fingerprint density at radius 1 is 1.29 bits per heavy atom. The van der Waals surface area contributed by atoms with E-state index in [4.69, 9.17) is 9.26 Å². The molecule has 0 bridgehead atoms. The van der Waals surface area contributed by atoms with Crippen molar-refractivity contribution in [3.8, 4) is 0 Å². The molecule has 0 radical (unpaired) electrons. The molecule has 1 aliphatic heterocycles. The van der Waals surface area contributed by atoms with Crippen LogP contribution in [-0.2, 0) is 16.0 Å². The van der Waals surface area contributed by atoms with Crippen LogP contribution in [0, 0.1) is 13.8 Å². The third-order valence-electron chi connectivity index (χ3n) is 4.15. The summed E-state index contributed by atoms with van der Waals surface area (Å²) in [5, 5.41) is 6.78. The maximum Gasteiger partial charge on any atom is 0.224 e. The van der Waals surface area contributed by atoms with Gasteiger partial charge in [-0.3, -0.25) is 4.79 Å². The zero-order chi connectivity index (χ0) is 16.9. The number of nitrogens with zero attached hydrogens (tertiary/aromatic N) is 3. The minimum absolute atomic E-state index is 0.0454. The van der Waals surface area contributed by atoms with Crippen LogP contribution in [0.4, 0.5) is 11.5 Å². The number of aromatic nitrogens is 2. The van der Waals surface area contributed by atoms with Gasteiger partial charge in [0.1, 0.15) is 11.6 Å². The lowest BCUT2D eigenvalue weighted by Gasteiger charge is -2.27. The lowest BCUT2D eigenvalue weighted by molar-refractivity contribution is -0.116. The van der Waals surface area contributed by atoms with E-state index in [1.165, 1.54) is 0 Å². The van der Waals surface area contributed by atoms with Crippen molar-refractivity contribution in [3.63, 3.8) is 0 Å². The average Bonchev–Trinajstić information content (AvgIpc) is 2.93. The van der Waals surface area contributed by atoms with Crippen molar-refractivity contribution in [2.24, 2.45) is 0 Å². The second kappa shape index (κ2) is 7.44. The van der Waals surface area contributed by atoms with E-state index in [1.807, 2.05) is 26.0 Å². The lowest BCUT2D eigenvalue weighted by atomic mass is 10.1. The van der Waals surface area contributed by atoms with E-state index >= 15 is 0 Å². The number of anilines is 2. The van der Waals surface area contributed by atoms with Crippen LogP contribution >= 0.6 is 0 Å². The number of carbonyl (C=O) groups excluding carboxylic acids is 1. The van der Waals surface area contributed by atoms with Gasteiger partial charge in [0, 0.05) is 25.1 Å². The van der Waals surface area contributed by atoms with Gasteiger partial charge in [-0.15, -0.1) is 0 Å². The van der Waals surface area contributed by atoms with Crippen molar-refractivity contribution in [2.75, 3.05) is 36.5 Å². The van der Waals surface area contributed by atoms with Crippen molar-refractivity contribution < 1.29 is 14.1 Å². The molecular weight excluding hydrogens is 308 g/mol. The highest BCUT2D eigenvalue weighted by Gasteiger charge is 2.13. The number of aryl methyl sites for hydroxylation is 2. The Labute approximate surface area is 141 Å². The van der Waals surface area contributed by atoms with Gasteiger partial charge in [-0.05, 0) is 32.4 Å². The van der Waals surface area contributed by atoms with Crippen LogP contribution in [0.3, 0.4) is 0 Å². The summed E-state index contributed by atoms with van der Waals surface area (Å²) in [4.78, 5) is 18.7. The monoisotopic (exact) mass is 330 g/mol. The van der Waals surface area contributed by atoms with Crippen LogP contribution in [0.15, 0.2) is 22.9 Å². The number of nitrogens with one attached hydrogen (secondary N) is 1. The maximum atomic E-state index is 12.1. The number of ether oxygens (including phenoxy) is 1. The predicted octanol–water partition coefficient (Wildman–Crippen LogP) is 2.09. The number of hydrogen-bond donors (Lipinski definition) is 1. The topological polar surface area (TPSA) is 80.5 Å². The zero-order valence-corrected chi connectivity index (χ0v) is 14.0. The van der Waals surface area contributed by atoms with E-state index in [9.17, 15) is 4.79 Å². The molecule has 0 unspecified atom stereocenters. The van der Waals surface area contributed by atoms with Crippen LogP contribution in [0.5, 0.6) is 0 Å². The zero-order valence-electron chi connectivity index (χ0n) is 14.0. The number of morpholine rings is 1. The Balaban J connectivity index is 1.52. The van der Waals surface area contributed by atoms with Crippen molar-refractivity contribution in [3.05, 3.63) is 35.3 Å². The molecule has 1 saturated heterocycles. The van der Waals surface area contributed by atoms with E-state index in [2.05, 4.69) is 20.4 Å². The van der Waals surface area contributed by atoms with Crippen molar-refractivity contribution in [1.82, 2.24) is 10.1 Å². The molecule has 0 aromatic carbocycles. The first-order chi connectivity index (χ1) is 11.6. The number of pyridine rings is 1. The molecule has 7 nitrogen and oxygen atoms in total. The number of rotatable bonds is 5. The van der Waals surface area contributed by atoms with Gasteiger partial charge in [-0.2, -0.15) is 0 Å². The van der Waals surface area contributed by atoms with Crippen LogP contribution in [0.25, 0.3) is 0 Å².